The van der Waals surface area contributed by atoms with Gasteiger partial charge in [-0.3, -0.25) is 0 Å². The van der Waals surface area contributed by atoms with Gasteiger partial charge in [0.05, 0.1) is 6.33 Å². The minimum atomic E-state index is -3.63. The molecule has 0 bridgehead atoms. The minimum Gasteiger partial charge on any atom is -0.324 e. The van der Waals surface area contributed by atoms with Crippen molar-refractivity contribution in [2.45, 2.75) is 23.9 Å². The van der Waals surface area contributed by atoms with Crippen LogP contribution in [0.1, 0.15) is 12.8 Å². The van der Waals surface area contributed by atoms with E-state index in [0.717, 1.165) is 25.9 Å². The zero-order valence-corrected chi connectivity index (χ0v) is 12.9. The maximum atomic E-state index is 12.5. The van der Waals surface area contributed by atoms with Crippen LogP contribution < -0.4 is 0 Å². The van der Waals surface area contributed by atoms with E-state index in [1.807, 2.05) is 7.05 Å². The molecular weight excluding hydrogens is 288 g/mol. The molecule has 1 aliphatic heterocycles. The van der Waals surface area contributed by atoms with Gasteiger partial charge in [-0.05, 0) is 26.4 Å². The van der Waals surface area contributed by atoms with Crippen molar-refractivity contribution >= 4 is 21.6 Å². The summed E-state index contributed by atoms with van der Waals surface area (Å²) >= 11 is 5.99. The molecule has 2 heterocycles. The quantitative estimate of drug-likeness (QED) is 0.828. The molecule has 8 heteroatoms. The highest BCUT2D eigenvalue weighted by atomic mass is 35.5. The lowest BCUT2D eigenvalue weighted by molar-refractivity contribution is 0.187. The Labute approximate surface area is 119 Å². The molecule has 1 saturated heterocycles. The highest BCUT2D eigenvalue weighted by molar-refractivity contribution is 7.89. The van der Waals surface area contributed by atoms with Gasteiger partial charge in [0.2, 0.25) is 5.03 Å². The van der Waals surface area contributed by atoms with Crippen LogP contribution in [0.2, 0.25) is 5.15 Å². The Morgan fingerprint density at radius 3 is 2.68 bits per heavy atom. The molecule has 19 heavy (non-hydrogen) atoms. The van der Waals surface area contributed by atoms with Crippen LogP contribution in [0.15, 0.2) is 11.4 Å². The van der Waals surface area contributed by atoms with Crippen molar-refractivity contribution < 1.29 is 8.42 Å². The summed E-state index contributed by atoms with van der Waals surface area (Å²) in [5.74, 6) is 0. The van der Waals surface area contributed by atoms with Crippen LogP contribution in [0, 0.1) is 0 Å². The second kappa shape index (κ2) is 5.40. The Kier molecular flexibility index (Phi) is 4.20. The lowest BCUT2D eigenvalue weighted by Gasteiger charge is -2.34. The molecule has 0 aromatic carbocycles. The SMILES string of the molecule is CN1CCCC(N(C)S(=O)(=O)c2ncn(C)c2Cl)C1. The van der Waals surface area contributed by atoms with Crippen molar-refractivity contribution in [1.82, 2.24) is 18.8 Å². The minimum absolute atomic E-state index is 0.0261. The number of imidazole rings is 1. The molecule has 0 amide bonds. The fraction of sp³-hybridized carbons (Fsp3) is 0.727. The van der Waals surface area contributed by atoms with E-state index < -0.39 is 10.0 Å². The molecule has 1 aliphatic rings. The molecule has 6 nitrogen and oxygen atoms in total. The third-order valence-corrected chi connectivity index (χ3v) is 5.97. The molecule has 1 aromatic rings. The van der Waals surface area contributed by atoms with E-state index in [2.05, 4.69) is 9.88 Å². The van der Waals surface area contributed by atoms with E-state index in [9.17, 15) is 8.42 Å². The largest absolute Gasteiger partial charge is 0.324 e. The molecule has 1 atom stereocenters. The number of hydrogen-bond acceptors (Lipinski definition) is 4. The van der Waals surface area contributed by atoms with Gasteiger partial charge in [0, 0.05) is 26.7 Å². The fourth-order valence-electron chi connectivity index (χ4n) is 2.34. The van der Waals surface area contributed by atoms with E-state index in [0.29, 0.717) is 0 Å². The molecule has 1 aromatic heterocycles. The Balaban J connectivity index is 2.26. The van der Waals surface area contributed by atoms with Gasteiger partial charge in [-0.25, -0.2) is 13.4 Å². The highest BCUT2D eigenvalue weighted by Crippen LogP contribution is 2.25. The number of halogens is 1. The highest BCUT2D eigenvalue weighted by Gasteiger charge is 2.33. The van der Waals surface area contributed by atoms with E-state index in [4.69, 9.17) is 11.6 Å². The van der Waals surface area contributed by atoms with Gasteiger partial charge in [-0.1, -0.05) is 11.6 Å². The number of likely N-dealkylation sites (tertiary alicyclic amines) is 1. The number of piperidine rings is 1. The lowest BCUT2D eigenvalue weighted by atomic mass is 10.1. The summed E-state index contributed by atoms with van der Waals surface area (Å²) in [5, 5.41) is 0.0865. The Morgan fingerprint density at radius 2 is 2.16 bits per heavy atom. The summed E-state index contributed by atoms with van der Waals surface area (Å²) < 4.78 is 27.9. The molecule has 0 saturated carbocycles. The van der Waals surface area contributed by atoms with Crippen LogP contribution in [0.3, 0.4) is 0 Å². The molecule has 0 aliphatic carbocycles. The van der Waals surface area contributed by atoms with Crippen LogP contribution in [0.4, 0.5) is 0 Å². The number of aryl methyl sites for hydroxylation is 1. The van der Waals surface area contributed by atoms with E-state index in [-0.39, 0.29) is 16.2 Å². The number of sulfonamides is 1. The first-order valence-electron chi connectivity index (χ1n) is 6.17. The van der Waals surface area contributed by atoms with Crippen molar-refractivity contribution in [2.24, 2.45) is 7.05 Å². The first-order valence-corrected chi connectivity index (χ1v) is 7.99. The standard InChI is InChI=1S/C11H19ClN4O2S/c1-14-6-4-5-9(7-14)16(3)19(17,18)11-10(12)15(2)8-13-11/h8-9H,4-7H2,1-3H3. The first kappa shape index (κ1) is 14.8. The topological polar surface area (TPSA) is 58.4 Å². The monoisotopic (exact) mass is 306 g/mol. The van der Waals surface area contributed by atoms with Crippen molar-refractivity contribution in [3.63, 3.8) is 0 Å². The van der Waals surface area contributed by atoms with Crippen LogP contribution >= 0.6 is 11.6 Å². The zero-order chi connectivity index (χ0) is 14.2. The van der Waals surface area contributed by atoms with Crippen LogP contribution in [0.25, 0.3) is 0 Å². The van der Waals surface area contributed by atoms with E-state index >= 15 is 0 Å². The lowest BCUT2D eigenvalue weighted by Crippen LogP contribution is -2.47. The molecule has 1 unspecified atom stereocenters. The van der Waals surface area contributed by atoms with Gasteiger partial charge < -0.3 is 9.47 Å². The molecule has 0 N–H and O–H groups in total. The Bertz CT molecular complexity index is 557. The van der Waals surface area contributed by atoms with Crippen LogP contribution in [0.5, 0.6) is 0 Å². The average molecular weight is 307 g/mol. The molecule has 0 spiro atoms. The van der Waals surface area contributed by atoms with Crippen molar-refractivity contribution in [1.29, 1.82) is 0 Å². The summed E-state index contributed by atoms with van der Waals surface area (Å²) in [5.41, 5.74) is 0. The Morgan fingerprint density at radius 1 is 1.47 bits per heavy atom. The fourth-order valence-corrected chi connectivity index (χ4v) is 4.09. The van der Waals surface area contributed by atoms with Gasteiger partial charge in [0.15, 0.2) is 0 Å². The molecule has 108 valence electrons. The summed E-state index contributed by atoms with van der Waals surface area (Å²) in [4.78, 5) is 6.05. The number of likely N-dealkylation sites (N-methyl/N-ethyl adjacent to an activating group) is 2. The van der Waals surface area contributed by atoms with E-state index in [1.54, 1.807) is 14.1 Å². The normalized spacial score (nSPS) is 22.1. The van der Waals surface area contributed by atoms with Gasteiger partial charge in [-0.15, -0.1) is 0 Å². The van der Waals surface area contributed by atoms with Gasteiger partial charge >= 0.3 is 0 Å². The number of aromatic nitrogens is 2. The third kappa shape index (κ3) is 2.79. The smallest absolute Gasteiger partial charge is 0.263 e. The van der Waals surface area contributed by atoms with Gasteiger partial charge in [0.25, 0.3) is 10.0 Å². The van der Waals surface area contributed by atoms with Crippen LogP contribution in [-0.4, -0.2) is 60.4 Å². The first-order chi connectivity index (χ1) is 8.84. The molecular formula is C11H19ClN4O2S. The summed E-state index contributed by atoms with van der Waals surface area (Å²) in [7, 11) is 1.64. The van der Waals surface area contributed by atoms with Crippen molar-refractivity contribution in [3.05, 3.63) is 11.5 Å². The van der Waals surface area contributed by atoms with Gasteiger partial charge in [-0.2, -0.15) is 4.31 Å². The predicted molar refractivity (Wildman–Crippen MR) is 73.7 cm³/mol. The summed E-state index contributed by atoms with van der Waals surface area (Å²) in [6.07, 6.45) is 3.28. The van der Waals surface area contributed by atoms with Gasteiger partial charge in [0.1, 0.15) is 5.15 Å². The summed E-state index contributed by atoms with van der Waals surface area (Å²) in [6.45, 7) is 1.74. The maximum Gasteiger partial charge on any atom is 0.263 e. The third-order valence-electron chi connectivity index (χ3n) is 3.57. The number of rotatable bonds is 3. The molecule has 2 rings (SSSR count). The second-order valence-electron chi connectivity index (χ2n) is 5.03. The maximum absolute atomic E-state index is 12.5. The van der Waals surface area contributed by atoms with Crippen molar-refractivity contribution in [2.75, 3.05) is 27.2 Å². The van der Waals surface area contributed by atoms with E-state index in [1.165, 1.54) is 15.2 Å². The average Bonchev–Trinajstić information content (AvgIpc) is 2.69. The Hall–Kier alpha value is -0.630. The van der Waals surface area contributed by atoms with Crippen LogP contribution in [-0.2, 0) is 17.1 Å². The molecule has 0 radical (unpaired) electrons. The van der Waals surface area contributed by atoms with Crippen molar-refractivity contribution in [3.8, 4) is 0 Å². The second-order valence-corrected chi connectivity index (χ2v) is 7.30. The summed E-state index contributed by atoms with van der Waals surface area (Å²) in [6, 6.07) is -0.0261. The number of nitrogens with zero attached hydrogens (tertiary/aromatic N) is 4. The predicted octanol–water partition coefficient (Wildman–Crippen LogP) is 0.788. The molecule has 1 fully saturated rings. The number of hydrogen-bond donors (Lipinski definition) is 0. The zero-order valence-electron chi connectivity index (χ0n) is 11.4.